The molecule has 0 saturated carbocycles. The summed E-state index contributed by atoms with van der Waals surface area (Å²) in [7, 11) is 0. The van der Waals surface area contributed by atoms with Gasteiger partial charge in [0.1, 0.15) is 0 Å². The van der Waals surface area contributed by atoms with Gasteiger partial charge in [0.05, 0.1) is 11.5 Å². The minimum Gasteiger partial charge on any atom is -0.378 e. The highest BCUT2D eigenvalue weighted by molar-refractivity contribution is 5.83. The second-order valence-corrected chi connectivity index (χ2v) is 5.99. The van der Waals surface area contributed by atoms with Crippen LogP contribution in [0.5, 0.6) is 0 Å². The van der Waals surface area contributed by atoms with Crippen LogP contribution in [-0.4, -0.2) is 38.3 Å². The van der Waals surface area contributed by atoms with Crippen molar-refractivity contribution in [2.75, 3.05) is 26.2 Å². The highest BCUT2D eigenvalue weighted by Gasteiger charge is 2.38. The number of ether oxygens (including phenoxy) is 1. The summed E-state index contributed by atoms with van der Waals surface area (Å²) in [4.78, 5) is 12.5. The Morgan fingerprint density at radius 2 is 2.37 bits per heavy atom. The molecule has 0 aromatic carbocycles. The van der Waals surface area contributed by atoms with Crippen molar-refractivity contribution in [3.8, 4) is 0 Å². The van der Waals surface area contributed by atoms with Crippen molar-refractivity contribution in [3.05, 3.63) is 0 Å². The first kappa shape index (κ1) is 14.8. The lowest BCUT2D eigenvalue weighted by Gasteiger charge is -2.36. The van der Waals surface area contributed by atoms with Crippen molar-refractivity contribution < 1.29 is 9.53 Å². The lowest BCUT2D eigenvalue weighted by Crippen LogP contribution is -2.50. The highest BCUT2D eigenvalue weighted by Crippen LogP contribution is 2.31. The molecule has 2 unspecified atom stereocenters. The number of nitrogens with one attached hydrogen (secondary N) is 2. The monoisotopic (exact) mass is 268 g/mol. The highest BCUT2D eigenvalue weighted by atomic mass is 16.5. The quantitative estimate of drug-likeness (QED) is 0.773. The molecule has 19 heavy (non-hydrogen) atoms. The van der Waals surface area contributed by atoms with Crippen molar-refractivity contribution in [2.45, 2.75) is 58.0 Å². The maximum atomic E-state index is 12.5. The Morgan fingerprint density at radius 1 is 1.47 bits per heavy atom. The molecule has 0 radical (unpaired) electrons. The fourth-order valence-corrected chi connectivity index (χ4v) is 3.37. The third-order valence-electron chi connectivity index (χ3n) is 4.46. The predicted octanol–water partition coefficient (Wildman–Crippen LogP) is 1.84. The molecule has 2 N–H and O–H groups in total. The summed E-state index contributed by atoms with van der Waals surface area (Å²) in [6, 6.07) is 0. The standard InChI is InChI=1S/C15H28N2O2/c1-2-7-15(8-4-9-16-12-15)14(18)17-10-6-13-5-3-11-19-13/h13,16H,2-12H2,1H3,(H,17,18). The van der Waals surface area contributed by atoms with Crippen molar-refractivity contribution in [2.24, 2.45) is 5.41 Å². The SMILES string of the molecule is CCCC1(C(=O)NCCC2CCCO2)CCCNC1. The summed E-state index contributed by atoms with van der Waals surface area (Å²) in [5, 5.41) is 6.53. The molecule has 2 fully saturated rings. The summed E-state index contributed by atoms with van der Waals surface area (Å²) in [5.74, 6) is 0.250. The molecule has 2 saturated heterocycles. The van der Waals surface area contributed by atoms with Crippen LogP contribution in [0.25, 0.3) is 0 Å². The van der Waals surface area contributed by atoms with Crippen LogP contribution in [0.3, 0.4) is 0 Å². The number of carbonyl (C=O) groups is 1. The van der Waals surface area contributed by atoms with Gasteiger partial charge in [0.25, 0.3) is 0 Å². The topological polar surface area (TPSA) is 50.4 Å². The van der Waals surface area contributed by atoms with Gasteiger partial charge in [-0.15, -0.1) is 0 Å². The van der Waals surface area contributed by atoms with Crippen LogP contribution in [0.2, 0.25) is 0 Å². The Hall–Kier alpha value is -0.610. The molecule has 4 nitrogen and oxygen atoms in total. The molecule has 2 aliphatic rings. The van der Waals surface area contributed by atoms with Crippen LogP contribution < -0.4 is 10.6 Å². The summed E-state index contributed by atoms with van der Waals surface area (Å²) >= 11 is 0. The smallest absolute Gasteiger partial charge is 0.227 e. The number of carbonyl (C=O) groups excluding carboxylic acids is 1. The summed E-state index contributed by atoms with van der Waals surface area (Å²) in [5.41, 5.74) is -0.163. The van der Waals surface area contributed by atoms with Crippen LogP contribution in [0, 0.1) is 5.41 Å². The van der Waals surface area contributed by atoms with Crippen LogP contribution in [-0.2, 0) is 9.53 Å². The van der Waals surface area contributed by atoms with Gasteiger partial charge in [-0.25, -0.2) is 0 Å². The number of piperidine rings is 1. The van der Waals surface area contributed by atoms with Crippen molar-refractivity contribution in [3.63, 3.8) is 0 Å². The molecular weight excluding hydrogens is 240 g/mol. The maximum Gasteiger partial charge on any atom is 0.227 e. The average Bonchev–Trinajstić information content (AvgIpc) is 2.93. The first-order valence-corrected chi connectivity index (χ1v) is 7.87. The van der Waals surface area contributed by atoms with Crippen molar-refractivity contribution in [1.29, 1.82) is 0 Å². The molecule has 2 rings (SSSR count). The normalized spacial score (nSPS) is 31.3. The second-order valence-electron chi connectivity index (χ2n) is 5.99. The fraction of sp³-hybridized carbons (Fsp3) is 0.933. The van der Waals surface area contributed by atoms with Crippen LogP contribution in [0.1, 0.15) is 51.9 Å². The lowest BCUT2D eigenvalue weighted by atomic mass is 9.76. The Morgan fingerprint density at radius 3 is 3.00 bits per heavy atom. The van der Waals surface area contributed by atoms with Crippen molar-refractivity contribution in [1.82, 2.24) is 10.6 Å². The summed E-state index contributed by atoms with van der Waals surface area (Å²) in [6.07, 6.45) is 7.85. The first-order valence-electron chi connectivity index (χ1n) is 7.87. The fourth-order valence-electron chi connectivity index (χ4n) is 3.37. The van der Waals surface area contributed by atoms with E-state index in [1.54, 1.807) is 0 Å². The van der Waals surface area contributed by atoms with E-state index < -0.39 is 0 Å². The van der Waals surface area contributed by atoms with E-state index in [0.29, 0.717) is 6.10 Å². The molecule has 0 bridgehead atoms. The van der Waals surface area contributed by atoms with E-state index in [4.69, 9.17) is 4.74 Å². The zero-order valence-corrected chi connectivity index (χ0v) is 12.2. The van der Waals surface area contributed by atoms with E-state index in [9.17, 15) is 4.79 Å². The summed E-state index contributed by atoms with van der Waals surface area (Å²) < 4.78 is 5.59. The third kappa shape index (κ3) is 3.93. The van der Waals surface area contributed by atoms with Gasteiger partial charge < -0.3 is 15.4 Å². The summed E-state index contributed by atoms with van der Waals surface area (Å²) in [6.45, 7) is 5.70. The molecule has 2 aliphatic heterocycles. The molecule has 2 atom stereocenters. The second kappa shape index (κ2) is 7.25. The lowest BCUT2D eigenvalue weighted by molar-refractivity contribution is -0.132. The molecule has 0 aromatic rings. The van der Waals surface area contributed by atoms with E-state index in [-0.39, 0.29) is 11.3 Å². The number of hydrogen-bond donors (Lipinski definition) is 2. The van der Waals surface area contributed by atoms with E-state index in [2.05, 4.69) is 17.6 Å². The van der Waals surface area contributed by atoms with Gasteiger partial charge in [0.15, 0.2) is 0 Å². The van der Waals surface area contributed by atoms with Gasteiger partial charge in [-0.3, -0.25) is 4.79 Å². The molecular formula is C15H28N2O2. The van der Waals surface area contributed by atoms with E-state index >= 15 is 0 Å². The van der Waals surface area contributed by atoms with Crippen LogP contribution >= 0.6 is 0 Å². The number of rotatable bonds is 6. The van der Waals surface area contributed by atoms with Crippen molar-refractivity contribution >= 4 is 5.91 Å². The largest absolute Gasteiger partial charge is 0.378 e. The van der Waals surface area contributed by atoms with Gasteiger partial charge in [0, 0.05) is 19.7 Å². The Bertz CT molecular complexity index is 276. The van der Waals surface area contributed by atoms with Gasteiger partial charge in [-0.1, -0.05) is 13.3 Å². The number of amides is 1. The van der Waals surface area contributed by atoms with E-state index in [0.717, 1.165) is 64.8 Å². The molecule has 0 spiro atoms. The first-order chi connectivity index (χ1) is 9.27. The molecule has 0 aliphatic carbocycles. The minimum atomic E-state index is -0.163. The van der Waals surface area contributed by atoms with Gasteiger partial charge in [-0.2, -0.15) is 0 Å². The molecule has 110 valence electrons. The zero-order chi connectivity index (χ0) is 13.6. The molecule has 0 aromatic heterocycles. The zero-order valence-electron chi connectivity index (χ0n) is 12.2. The maximum absolute atomic E-state index is 12.5. The van der Waals surface area contributed by atoms with E-state index in [1.165, 1.54) is 6.42 Å². The Balaban J connectivity index is 1.78. The predicted molar refractivity (Wildman–Crippen MR) is 76.0 cm³/mol. The van der Waals surface area contributed by atoms with Crippen LogP contribution in [0.15, 0.2) is 0 Å². The Kier molecular flexibility index (Phi) is 5.64. The van der Waals surface area contributed by atoms with Gasteiger partial charge >= 0.3 is 0 Å². The molecule has 2 heterocycles. The minimum absolute atomic E-state index is 0.163. The molecule has 4 heteroatoms. The van der Waals surface area contributed by atoms with E-state index in [1.807, 2.05) is 0 Å². The Labute approximate surface area is 116 Å². The third-order valence-corrected chi connectivity index (χ3v) is 4.46. The number of hydrogen-bond acceptors (Lipinski definition) is 3. The molecule has 1 amide bonds. The average molecular weight is 268 g/mol. The van der Waals surface area contributed by atoms with Gasteiger partial charge in [-0.05, 0) is 45.1 Å². The van der Waals surface area contributed by atoms with Crippen LogP contribution in [0.4, 0.5) is 0 Å². The van der Waals surface area contributed by atoms with Gasteiger partial charge in [0.2, 0.25) is 5.91 Å².